The first-order chi connectivity index (χ1) is 9.15. The number of hydrogen-bond donors (Lipinski definition) is 1. The Morgan fingerprint density at radius 3 is 2.68 bits per heavy atom. The number of aromatic nitrogens is 2. The van der Waals surface area contributed by atoms with Crippen molar-refractivity contribution in [3.05, 3.63) is 46.4 Å². The molecule has 0 unspecified atom stereocenters. The summed E-state index contributed by atoms with van der Waals surface area (Å²) in [5.74, 6) is 0.393. The van der Waals surface area contributed by atoms with E-state index in [0.29, 0.717) is 11.4 Å². The molecule has 0 aliphatic carbocycles. The molecule has 0 bridgehead atoms. The lowest BCUT2D eigenvalue weighted by Gasteiger charge is -2.07. The van der Waals surface area contributed by atoms with Crippen LogP contribution in [0.25, 0.3) is 5.69 Å². The lowest BCUT2D eigenvalue weighted by molar-refractivity contribution is 0.414. The first-order valence-electron chi connectivity index (χ1n) is 5.49. The molecule has 0 saturated heterocycles. The highest BCUT2D eigenvalue weighted by atomic mass is 16.5. The molecule has 6 nitrogen and oxygen atoms in total. The molecule has 0 aliphatic rings. The largest absolute Gasteiger partial charge is 0.506 e. The molecule has 1 heterocycles. The number of rotatable bonds is 3. The van der Waals surface area contributed by atoms with E-state index in [-0.39, 0.29) is 17.9 Å². The standard InChI is InChI=1S/C13H11N3O3/c1-19-10-4-2-9(3-5-10)16-13(18)8-12(17)11(15-16)6-7-14/h2-5,8,17H,6H2,1H3. The van der Waals surface area contributed by atoms with Crippen LogP contribution in [0, 0.1) is 11.3 Å². The minimum Gasteiger partial charge on any atom is -0.506 e. The van der Waals surface area contributed by atoms with Gasteiger partial charge in [-0.05, 0) is 24.3 Å². The lowest BCUT2D eigenvalue weighted by Crippen LogP contribution is -2.21. The van der Waals surface area contributed by atoms with E-state index in [1.807, 2.05) is 6.07 Å². The van der Waals surface area contributed by atoms with E-state index >= 15 is 0 Å². The van der Waals surface area contributed by atoms with E-state index in [1.165, 1.54) is 0 Å². The van der Waals surface area contributed by atoms with Crippen LogP contribution in [-0.2, 0) is 6.42 Å². The van der Waals surface area contributed by atoms with Gasteiger partial charge in [0.2, 0.25) is 0 Å². The maximum Gasteiger partial charge on any atom is 0.275 e. The number of aromatic hydroxyl groups is 1. The van der Waals surface area contributed by atoms with Gasteiger partial charge in [-0.3, -0.25) is 4.79 Å². The van der Waals surface area contributed by atoms with Crippen LogP contribution in [0.2, 0.25) is 0 Å². The van der Waals surface area contributed by atoms with Crippen LogP contribution in [0.3, 0.4) is 0 Å². The van der Waals surface area contributed by atoms with E-state index in [1.54, 1.807) is 31.4 Å². The Morgan fingerprint density at radius 1 is 1.42 bits per heavy atom. The number of nitriles is 1. The summed E-state index contributed by atoms with van der Waals surface area (Å²) in [4.78, 5) is 11.8. The third-order valence-corrected chi connectivity index (χ3v) is 2.55. The average molecular weight is 257 g/mol. The third kappa shape index (κ3) is 2.55. The molecular formula is C13H11N3O3. The summed E-state index contributed by atoms with van der Waals surface area (Å²) < 4.78 is 6.16. The van der Waals surface area contributed by atoms with Gasteiger partial charge in [-0.25, -0.2) is 0 Å². The van der Waals surface area contributed by atoms with E-state index in [4.69, 9.17) is 10.00 Å². The Hall–Kier alpha value is -2.81. The van der Waals surface area contributed by atoms with Crippen molar-refractivity contribution in [1.82, 2.24) is 9.78 Å². The van der Waals surface area contributed by atoms with Gasteiger partial charge in [-0.1, -0.05) is 0 Å². The molecule has 1 N–H and O–H groups in total. The second kappa shape index (κ2) is 5.23. The Bertz CT molecular complexity index is 684. The van der Waals surface area contributed by atoms with Crippen LogP contribution in [0.5, 0.6) is 11.5 Å². The molecule has 1 aromatic heterocycles. The van der Waals surface area contributed by atoms with Gasteiger partial charge in [0.25, 0.3) is 5.56 Å². The summed E-state index contributed by atoms with van der Waals surface area (Å²) in [5, 5.41) is 22.1. The van der Waals surface area contributed by atoms with Crippen molar-refractivity contribution in [3.8, 4) is 23.3 Å². The first-order valence-corrected chi connectivity index (χ1v) is 5.49. The highest BCUT2D eigenvalue weighted by Crippen LogP contribution is 2.15. The Labute approximate surface area is 109 Å². The predicted octanol–water partition coefficient (Wildman–Crippen LogP) is 1.01. The van der Waals surface area contributed by atoms with Crippen molar-refractivity contribution in [2.24, 2.45) is 0 Å². The second-order valence-electron chi connectivity index (χ2n) is 3.76. The fourth-order valence-corrected chi connectivity index (χ4v) is 1.59. The zero-order valence-corrected chi connectivity index (χ0v) is 10.2. The molecule has 0 saturated carbocycles. The molecule has 6 heteroatoms. The zero-order valence-electron chi connectivity index (χ0n) is 10.2. The van der Waals surface area contributed by atoms with Crippen LogP contribution >= 0.6 is 0 Å². The number of methoxy groups -OCH3 is 1. The summed E-state index contributed by atoms with van der Waals surface area (Å²) in [5.41, 5.74) is 0.229. The van der Waals surface area contributed by atoms with Gasteiger partial charge in [-0.2, -0.15) is 15.0 Å². The normalized spacial score (nSPS) is 9.89. The zero-order chi connectivity index (χ0) is 13.8. The van der Waals surface area contributed by atoms with Gasteiger partial charge in [0.15, 0.2) is 0 Å². The molecule has 0 spiro atoms. The topological polar surface area (TPSA) is 88.1 Å². The smallest absolute Gasteiger partial charge is 0.275 e. The average Bonchev–Trinajstić information content (AvgIpc) is 2.42. The van der Waals surface area contributed by atoms with Crippen molar-refractivity contribution in [2.75, 3.05) is 7.11 Å². The molecule has 1 aromatic carbocycles. The molecule has 19 heavy (non-hydrogen) atoms. The Balaban J connectivity index is 2.52. The fraction of sp³-hybridized carbons (Fsp3) is 0.154. The molecule has 0 fully saturated rings. The Kier molecular flexibility index (Phi) is 3.48. The number of nitrogens with zero attached hydrogens (tertiary/aromatic N) is 3. The summed E-state index contributed by atoms with van der Waals surface area (Å²) >= 11 is 0. The maximum absolute atomic E-state index is 11.8. The highest BCUT2D eigenvalue weighted by molar-refractivity contribution is 5.38. The lowest BCUT2D eigenvalue weighted by atomic mass is 10.2. The van der Waals surface area contributed by atoms with Crippen molar-refractivity contribution < 1.29 is 9.84 Å². The minimum absolute atomic E-state index is 0.0672. The molecule has 2 rings (SSSR count). The van der Waals surface area contributed by atoms with Gasteiger partial charge in [0.1, 0.15) is 17.2 Å². The SMILES string of the molecule is COc1ccc(-n2nc(CC#N)c(O)cc2=O)cc1. The molecule has 2 aromatic rings. The maximum atomic E-state index is 11.8. The predicted molar refractivity (Wildman–Crippen MR) is 67.4 cm³/mol. The van der Waals surface area contributed by atoms with Gasteiger partial charge in [0, 0.05) is 6.07 Å². The summed E-state index contributed by atoms with van der Waals surface area (Å²) in [7, 11) is 1.55. The molecular weight excluding hydrogens is 246 g/mol. The first kappa shape index (κ1) is 12.6. The second-order valence-corrected chi connectivity index (χ2v) is 3.76. The van der Waals surface area contributed by atoms with Gasteiger partial charge < -0.3 is 9.84 Å². The van der Waals surface area contributed by atoms with Crippen molar-refractivity contribution in [1.29, 1.82) is 5.26 Å². The van der Waals surface area contributed by atoms with E-state index in [9.17, 15) is 9.90 Å². The van der Waals surface area contributed by atoms with Crippen LogP contribution in [-0.4, -0.2) is 22.0 Å². The van der Waals surface area contributed by atoms with Crippen LogP contribution in [0.4, 0.5) is 0 Å². The van der Waals surface area contributed by atoms with Crippen molar-refractivity contribution in [2.45, 2.75) is 6.42 Å². The van der Waals surface area contributed by atoms with Crippen LogP contribution in [0.1, 0.15) is 5.69 Å². The minimum atomic E-state index is -0.468. The number of benzene rings is 1. The van der Waals surface area contributed by atoms with Crippen LogP contribution in [0.15, 0.2) is 35.1 Å². The number of hydrogen-bond acceptors (Lipinski definition) is 5. The quantitative estimate of drug-likeness (QED) is 0.886. The Morgan fingerprint density at radius 2 is 2.11 bits per heavy atom. The molecule has 96 valence electrons. The van der Waals surface area contributed by atoms with Crippen LogP contribution < -0.4 is 10.3 Å². The molecule has 0 aliphatic heterocycles. The van der Waals surface area contributed by atoms with E-state index in [0.717, 1.165) is 10.7 Å². The van der Waals surface area contributed by atoms with E-state index < -0.39 is 5.56 Å². The summed E-state index contributed by atoms with van der Waals surface area (Å²) in [6.07, 6.45) is -0.0672. The van der Waals surface area contributed by atoms with Crippen molar-refractivity contribution in [3.63, 3.8) is 0 Å². The van der Waals surface area contributed by atoms with Gasteiger partial charge >= 0.3 is 0 Å². The summed E-state index contributed by atoms with van der Waals surface area (Å²) in [6.45, 7) is 0. The monoisotopic (exact) mass is 257 g/mol. The highest BCUT2D eigenvalue weighted by Gasteiger charge is 2.09. The fourth-order valence-electron chi connectivity index (χ4n) is 1.59. The number of ether oxygens (including phenoxy) is 1. The van der Waals surface area contributed by atoms with Gasteiger partial charge in [0.05, 0.1) is 25.3 Å². The molecule has 0 amide bonds. The molecule has 0 radical (unpaired) electrons. The van der Waals surface area contributed by atoms with E-state index in [2.05, 4.69) is 5.10 Å². The summed E-state index contributed by atoms with van der Waals surface area (Å²) in [6, 6.07) is 9.65. The van der Waals surface area contributed by atoms with Gasteiger partial charge in [-0.15, -0.1) is 0 Å². The third-order valence-electron chi connectivity index (χ3n) is 2.55. The van der Waals surface area contributed by atoms with Crippen molar-refractivity contribution >= 4 is 0 Å². The molecule has 0 atom stereocenters.